The van der Waals surface area contributed by atoms with Gasteiger partial charge in [0.1, 0.15) is 6.07 Å². The second-order valence-corrected chi connectivity index (χ2v) is 5.73. The highest BCUT2D eigenvalue weighted by Gasteiger charge is 2.12. The minimum Gasteiger partial charge on any atom is -0.490 e. The Morgan fingerprint density at radius 3 is 2.54 bits per heavy atom. The van der Waals surface area contributed by atoms with Crippen molar-refractivity contribution < 1.29 is 9.47 Å². The lowest BCUT2D eigenvalue weighted by molar-refractivity contribution is 0.287. The molecule has 132 valence electrons. The van der Waals surface area contributed by atoms with Crippen LogP contribution in [0.25, 0.3) is 22.7 Å². The van der Waals surface area contributed by atoms with Gasteiger partial charge in [0.2, 0.25) is 0 Å². The molecule has 0 aliphatic carbocycles. The number of benzene rings is 2. The van der Waals surface area contributed by atoms with Crippen LogP contribution < -0.4 is 9.47 Å². The molecule has 3 rings (SSSR count). The number of nitrogens with zero attached hydrogens (tertiary/aromatic N) is 3. The summed E-state index contributed by atoms with van der Waals surface area (Å²) in [5.74, 6) is 2.01. The minimum atomic E-state index is 0.496. The molecule has 0 unspecified atom stereocenters. The largest absolute Gasteiger partial charge is 0.490 e. The molecule has 0 spiro atoms. The Balaban J connectivity index is 2.04. The predicted molar refractivity (Wildman–Crippen MR) is 103 cm³/mol. The van der Waals surface area contributed by atoms with Crippen molar-refractivity contribution in [2.45, 2.75) is 13.8 Å². The van der Waals surface area contributed by atoms with Gasteiger partial charge in [0.15, 0.2) is 17.3 Å². The average molecular weight is 347 g/mol. The molecular formula is C21H21N3O2. The summed E-state index contributed by atoms with van der Waals surface area (Å²) < 4.78 is 13.2. The van der Waals surface area contributed by atoms with Crippen molar-refractivity contribution in [1.29, 1.82) is 5.26 Å². The van der Waals surface area contributed by atoms with Crippen molar-refractivity contribution in [2.24, 2.45) is 7.05 Å². The van der Waals surface area contributed by atoms with E-state index in [1.54, 1.807) is 0 Å². The number of rotatable bonds is 6. The van der Waals surface area contributed by atoms with Crippen molar-refractivity contribution in [2.75, 3.05) is 13.2 Å². The third-order valence-corrected chi connectivity index (χ3v) is 4.03. The Morgan fingerprint density at radius 1 is 1.12 bits per heavy atom. The van der Waals surface area contributed by atoms with Crippen LogP contribution in [-0.4, -0.2) is 22.8 Å². The maximum Gasteiger partial charge on any atom is 0.161 e. The van der Waals surface area contributed by atoms with Gasteiger partial charge >= 0.3 is 0 Å². The van der Waals surface area contributed by atoms with Gasteiger partial charge in [-0.1, -0.05) is 18.2 Å². The van der Waals surface area contributed by atoms with Gasteiger partial charge in [-0.3, -0.25) is 0 Å². The van der Waals surface area contributed by atoms with E-state index in [-0.39, 0.29) is 0 Å². The van der Waals surface area contributed by atoms with E-state index in [2.05, 4.69) is 11.1 Å². The minimum absolute atomic E-state index is 0.496. The first-order chi connectivity index (χ1) is 12.7. The van der Waals surface area contributed by atoms with Gasteiger partial charge in [-0.05, 0) is 49.8 Å². The Labute approximate surface area is 153 Å². The van der Waals surface area contributed by atoms with Crippen molar-refractivity contribution >= 4 is 22.7 Å². The van der Waals surface area contributed by atoms with Crippen molar-refractivity contribution in [1.82, 2.24) is 9.55 Å². The summed E-state index contributed by atoms with van der Waals surface area (Å²) >= 11 is 0. The van der Waals surface area contributed by atoms with Crippen LogP contribution in [-0.2, 0) is 7.05 Å². The predicted octanol–water partition coefficient (Wildman–Crippen LogP) is 4.43. The molecule has 0 N–H and O–H groups in total. The van der Waals surface area contributed by atoms with Gasteiger partial charge < -0.3 is 14.0 Å². The zero-order valence-electron chi connectivity index (χ0n) is 15.2. The summed E-state index contributed by atoms with van der Waals surface area (Å²) in [6.07, 6.45) is 1.82. The number of hydrogen-bond acceptors (Lipinski definition) is 4. The van der Waals surface area contributed by atoms with Crippen LogP contribution in [0.4, 0.5) is 0 Å². The number of aryl methyl sites for hydroxylation is 1. The topological polar surface area (TPSA) is 60.1 Å². The third kappa shape index (κ3) is 3.40. The monoisotopic (exact) mass is 347 g/mol. The molecule has 0 saturated carbocycles. The lowest BCUT2D eigenvalue weighted by atomic mass is 10.1. The number of allylic oxidation sites excluding steroid dienone is 1. The van der Waals surface area contributed by atoms with Gasteiger partial charge in [0, 0.05) is 7.05 Å². The van der Waals surface area contributed by atoms with E-state index in [0.717, 1.165) is 16.6 Å². The molecule has 0 aliphatic heterocycles. The summed E-state index contributed by atoms with van der Waals surface area (Å²) in [4.78, 5) is 4.60. The molecule has 0 amide bonds. The molecule has 0 aliphatic rings. The van der Waals surface area contributed by atoms with Gasteiger partial charge in [0.05, 0.1) is 29.8 Å². The van der Waals surface area contributed by atoms with Crippen LogP contribution in [0.1, 0.15) is 25.2 Å². The average Bonchev–Trinajstić information content (AvgIpc) is 2.99. The zero-order valence-corrected chi connectivity index (χ0v) is 15.2. The maximum absolute atomic E-state index is 9.67. The number of aromatic nitrogens is 2. The lowest BCUT2D eigenvalue weighted by Crippen LogP contribution is -1.99. The Bertz CT molecular complexity index is 996. The summed E-state index contributed by atoms with van der Waals surface area (Å²) in [6.45, 7) is 4.98. The van der Waals surface area contributed by atoms with Crippen LogP contribution in [0.5, 0.6) is 11.5 Å². The first-order valence-electron chi connectivity index (χ1n) is 8.61. The first-order valence-corrected chi connectivity index (χ1v) is 8.61. The van der Waals surface area contributed by atoms with Crippen LogP contribution in [0.15, 0.2) is 42.5 Å². The third-order valence-electron chi connectivity index (χ3n) is 4.03. The first kappa shape index (κ1) is 17.6. The molecule has 5 heteroatoms. The molecule has 0 radical (unpaired) electrons. The van der Waals surface area contributed by atoms with Crippen LogP contribution >= 0.6 is 0 Å². The van der Waals surface area contributed by atoms with Crippen LogP contribution in [0, 0.1) is 11.3 Å². The van der Waals surface area contributed by atoms with Gasteiger partial charge in [-0.25, -0.2) is 4.98 Å². The molecule has 3 aromatic rings. The maximum atomic E-state index is 9.67. The standard InChI is InChI=1S/C21H21N3O2/c1-4-25-19-11-10-15(13-20(19)26-5-2)12-16(14-22)21-23-17-8-6-7-9-18(17)24(21)3/h6-13H,4-5H2,1-3H3/b16-12-. The van der Waals surface area contributed by atoms with Crippen LogP contribution in [0.3, 0.4) is 0 Å². The van der Waals surface area contributed by atoms with E-state index in [4.69, 9.17) is 9.47 Å². The Morgan fingerprint density at radius 2 is 1.85 bits per heavy atom. The number of ether oxygens (including phenoxy) is 2. The SMILES string of the molecule is CCOc1ccc(/C=C(/C#N)c2nc3ccccc3n2C)cc1OCC. The molecule has 2 aromatic carbocycles. The molecule has 0 saturated heterocycles. The summed E-state index contributed by atoms with van der Waals surface area (Å²) in [5, 5.41) is 9.67. The molecule has 1 aromatic heterocycles. The molecule has 0 bridgehead atoms. The summed E-state index contributed by atoms with van der Waals surface area (Å²) in [6, 6.07) is 15.8. The fourth-order valence-corrected chi connectivity index (χ4v) is 2.86. The van der Waals surface area contributed by atoms with Gasteiger partial charge in [0.25, 0.3) is 0 Å². The number of nitriles is 1. The smallest absolute Gasteiger partial charge is 0.161 e. The van der Waals surface area contributed by atoms with Gasteiger partial charge in [-0.15, -0.1) is 0 Å². The van der Waals surface area contributed by atoms with E-state index < -0.39 is 0 Å². The van der Waals surface area contributed by atoms with E-state index in [0.29, 0.717) is 36.1 Å². The Hall–Kier alpha value is -3.26. The number of para-hydroxylation sites is 2. The van der Waals surface area contributed by atoms with E-state index in [9.17, 15) is 5.26 Å². The second kappa shape index (κ2) is 7.75. The highest BCUT2D eigenvalue weighted by atomic mass is 16.5. The molecule has 26 heavy (non-hydrogen) atoms. The number of imidazole rings is 1. The van der Waals surface area contributed by atoms with E-state index in [1.807, 2.05) is 74.0 Å². The fourth-order valence-electron chi connectivity index (χ4n) is 2.86. The lowest BCUT2D eigenvalue weighted by Gasteiger charge is -2.11. The highest BCUT2D eigenvalue weighted by Crippen LogP contribution is 2.30. The molecular weight excluding hydrogens is 326 g/mol. The van der Waals surface area contributed by atoms with Gasteiger partial charge in [-0.2, -0.15) is 5.26 Å². The molecule has 5 nitrogen and oxygen atoms in total. The Kier molecular flexibility index (Phi) is 5.23. The van der Waals surface area contributed by atoms with E-state index in [1.165, 1.54) is 0 Å². The molecule has 1 heterocycles. The zero-order chi connectivity index (χ0) is 18.5. The highest BCUT2D eigenvalue weighted by molar-refractivity contribution is 5.91. The van der Waals surface area contributed by atoms with Crippen molar-refractivity contribution in [3.63, 3.8) is 0 Å². The molecule has 0 atom stereocenters. The number of hydrogen-bond donors (Lipinski definition) is 0. The molecule has 0 fully saturated rings. The second-order valence-electron chi connectivity index (χ2n) is 5.73. The number of fused-ring (bicyclic) bond motifs is 1. The van der Waals surface area contributed by atoms with Crippen LogP contribution in [0.2, 0.25) is 0 Å². The quantitative estimate of drug-likeness (QED) is 0.619. The summed E-state index contributed by atoms with van der Waals surface area (Å²) in [5.41, 5.74) is 3.22. The normalized spacial score (nSPS) is 11.4. The summed E-state index contributed by atoms with van der Waals surface area (Å²) in [7, 11) is 1.92. The van der Waals surface area contributed by atoms with E-state index >= 15 is 0 Å². The van der Waals surface area contributed by atoms with Crippen molar-refractivity contribution in [3.8, 4) is 17.6 Å². The fraction of sp³-hybridized carbons (Fsp3) is 0.238. The van der Waals surface area contributed by atoms with Crippen molar-refractivity contribution in [3.05, 3.63) is 53.9 Å².